The molecule has 0 radical (unpaired) electrons. The topological polar surface area (TPSA) is 28.9 Å². The molecule has 1 saturated heterocycles. The summed E-state index contributed by atoms with van der Waals surface area (Å²) < 4.78 is 23.6. The fourth-order valence-corrected chi connectivity index (χ4v) is 3.49. The minimum absolute atomic E-state index is 0.336. The van der Waals surface area contributed by atoms with Gasteiger partial charge in [-0.2, -0.15) is 0 Å². The van der Waals surface area contributed by atoms with E-state index in [9.17, 15) is 4.39 Å². The molecule has 0 N–H and O–H groups in total. The summed E-state index contributed by atoms with van der Waals surface area (Å²) >= 11 is 0. The molecule has 1 aromatic heterocycles. The first-order chi connectivity index (χ1) is 13.3. The average Bonchev–Trinajstić information content (AvgIpc) is 3.29. The maximum atomic E-state index is 12.1. The van der Waals surface area contributed by atoms with Gasteiger partial charge in [0.15, 0.2) is 0 Å². The molecule has 0 aliphatic carbocycles. The van der Waals surface area contributed by atoms with Gasteiger partial charge in [-0.15, -0.1) is 0 Å². The molecule has 0 spiro atoms. The van der Waals surface area contributed by atoms with Crippen molar-refractivity contribution in [3.05, 3.63) is 65.9 Å². The number of hydrogen-bond acceptors (Lipinski definition) is 4. The van der Waals surface area contributed by atoms with Gasteiger partial charge in [0.1, 0.15) is 17.1 Å². The smallest absolute Gasteiger partial charge is 0.134 e. The van der Waals surface area contributed by atoms with Gasteiger partial charge in [-0.3, -0.25) is 14.2 Å². The van der Waals surface area contributed by atoms with Gasteiger partial charge in [0, 0.05) is 31.4 Å². The van der Waals surface area contributed by atoms with Gasteiger partial charge >= 0.3 is 0 Å². The molecule has 1 aliphatic heterocycles. The number of ether oxygens (including phenoxy) is 1. The minimum Gasteiger partial charge on any atom is -0.494 e. The summed E-state index contributed by atoms with van der Waals surface area (Å²) in [5, 5.41) is 1.16. The van der Waals surface area contributed by atoms with E-state index in [0.29, 0.717) is 13.0 Å². The highest BCUT2D eigenvalue weighted by Gasteiger charge is 2.21. The molecule has 2 heterocycles. The molecular weight excluding hydrogens is 343 g/mol. The molecule has 0 bridgehead atoms. The van der Waals surface area contributed by atoms with Crippen LogP contribution in [-0.2, 0) is 13.1 Å². The molecule has 27 heavy (non-hydrogen) atoms. The van der Waals surface area contributed by atoms with E-state index in [4.69, 9.17) is 9.15 Å². The Morgan fingerprint density at radius 1 is 0.963 bits per heavy atom. The Morgan fingerprint density at radius 2 is 1.74 bits per heavy atom. The number of alkyl halides is 1. The van der Waals surface area contributed by atoms with Crippen molar-refractivity contribution in [3.8, 4) is 5.75 Å². The van der Waals surface area contributed by atoms with Crippen LogP contribution < -0.4 is 4.74 Å². The Balaban J connectivity index is 1.28. The van der Waals surface area contributed by atoms with Crippen LogP contribution in [0.25, 0.3) is 11.0 Å². The number of benzene rings is 2. The van der Waals surface area contributed by atoms with Crippen LogP contribution in [0.2, 0.25) is 0 Å². The van der Waals surface area contributed by atoms with Gasteiger partial charge in [0.2, 0.25) is 0 Å². The largest absolute Gasteiger partial charge is 0.494 e. The number of halogens is 1. The number of fused-ring (bicyclic) bond motifs is 1. The van der Waals surface area contributed by atoms with Gasteiger partial charge in [0.25, 0.3) is 0 Å². The third-order valence-electron chi connectivity index (χ3n) is 4.86. The Hall–Kier alpha value is -2.37. The normalized spacial score (nSPS) is 15.6. The second kappa shape index (κ2) is 8.55. The molecular formula is C22H25FN2O2. The lowest BCUT2D eigenvalue weighted by Crippen LogP contribution is -2.24. The van der Waals surface area contributed by atoms with E-state index in [-0.39, 0.29) is 6.67 Å². The zero-order valence-electron chi connectivity index (χ0n) is 15.4. The zero-order valence-corrected chi connectivity index (χ0v) is 15.4. The van der Waals surface area contributed by atoms with Crippen LogP contribution in [0.1, 0.15) is 17.7 Å². The summed E-state index contributed by atoms with van der Waals surface area (Å²) in [6.07, 6.45) is 0.441. The first-order valence-electron chi connectivity index (χ1n) is 9.50. The van der Waals surface area contributed by atoms with Crippen molar-refractivity contribution < 1.29 is 13.5 Å². The van der Waals surface area contributed by atoms with Crippen LogP contribution in [0.4, 0.5) is 4.39 Å². The van der Waals surface area contributed by atoms with Crippen LogP contribution in [0.3, 0.4) is 0 Å². The predicted molar refractivity (Wildman–Crippen MR) is 104 cm³/mol. The van der Waals surface area contributed by atoms with E-state index in [1.54, 1.807) is 0 Å². The van der Waals surface area contributed by atoms with Gasteiger partial charge in [-0.25, -0.2) is 0 Å². The van der Waals surface area contributed by atoms with E-state index in [0.717, 1.165) is 55.3 Å². The number of para-hydroxylation sites is 1. The first kappa shape index (κ1) is 18.0. The van der Waals surface area contributed by atoms with Crippen molar-refractivity contribution in [1.82, 2.24) is 9.80 Å². The van der Waals surface area contributed by atoms with Crippen molar-refractivity contribution in [2.45, 2.75) is 19.5 Å². The lowest BCUT2D eigenvalue weighted by atomic mass is 10.2. The molecule has 0 amide bonds. The summed E-state index contributed by atoms with van der Waals surface area (Å²) in [5.41, 5.74) is 2.22. The molecule has 1 aliphatic rings. The lowest BCUT2D eigenvalue weighted by molar-refractivity contribution is 0.224. The Morgan fingerprint density at radius 3 is 2.52 bits per heavy atom. The molecule has 5 heteroatoms. The van der Waals surface area contributed by atoms with Gasteiger partial charge < -0.3 is 9.15 Å². The van der Waals surface area contributed by atoms with Crippen LogP contribution in [0, 0.1) is 0 Å². The molecule has 4 rings (SSSR count). The average molecular weight is 368 g/mol. The van der Waals surface area contributed by atoms with Crippen molar-refractivity contribution in [2.75, 3.05) is 33.0 Å². The van der Waals surface area contributed by atoms with Crippen molar-refractivity contribution >= 4 is 11.0 Å². The molecule has 2 aromatic carbocycles. The summed E-state index contributed by atoms with van der Waals surface area (Å²) in [6, 6.07) is 18.4. The minimum atomic E-state index is -0.336. The van der Waals surface area contributed by atoms with E-state index in [2.05, 4.69) is 34.1 Å². The first-order valence-corrected chi connectivity index (χ1v) is 9.50. The van der Waals surface area contributed by atoms with Gasteiger partial charge in [-0.05, 0) is 29.8 Å². The highest BCUT2D eigenvalue weighted by molar-refractivity contribution is 5.77. The van der Waals surface area contributed by atoms with Crippen LogP contribution >= 0.6 is 0 Å². The van der Waals surface area contributed by atoms with E-state index < -0.39 is 0 Å². The van der Waals surface area contributed by atoms with Gasteiger partial charge in [0.05, 0.1) is 26.5 Å². The summed E-state index contributed by atoms with van der Waals surface area (Å²) in [5.74, 6) is 1.83. The summed E-state index contributed by atoms with van der Waals surface area (Å²) in [6.45, 7) is 4.88. The van der Waals surface area contributed by atoms with Crippen LogP contribution in [0.5, 0.6) is 5.75 Å². The molecule has 0 saturated carbocycles. The zero-order chi connectivity index (χ0) is 18.5. The predicted octanol–water partition coefficient (Wildman–Crippen LogP) is 4.45. The number of hydrogen-bond donors (Lipinski definition) is 0. The summed E-state index contributed by atoms with van der Waals surface area (Å²) in [7, 11) is 0. The molecule has 3 aromatic rings. The third kappa shape index (κ3) is 4.67. The number of furan rings is 1. The Kier molecular flexibility index (Phi) is 5.70. The molecule has 4 nitrogen and oxygen atoms in total. The second-order valence-electron chi connectivity index (χ2n) is 7.03. The Labute approximate surface area is 159 Å². The molecule has 142 valence electrons. The fourth-order valence-electron chi connectivity index (χ4n) is 3.49. The quantitative estimate of drug-likeness (QED) is 0.550. The van der Waals surface area contributed by atoms with E-state index in [1.807, 2.05) is 30.3 Å². The highest BCUT2D eigenvalue weighted by Crippen LogP contribution is 2.22. The maximum absolute atomic E-state index is 12.1. The van der Waals surface area contributed by atoms with Crippen molar-refractivity contribution in [3.63, 3.8) is 0 Å². The standard InChI is InChI=1S/C22H25FN2O2/c23-10-3-13-26-20-8-6-18(7-9-20)15-24-11-12-25(17-24)16-21-14-19-4-1-2-5-22(19)27-21/h1-2,4-9,14H,3,10-13,15-17H2. The molecule has 1 fully saturated rings. The fraction of sp³-hybridized carbons (Fsp3) is 0.364. The lowest BCUT2D eigenvalue weighted by Gasteiger charge is -2.17. The number of rotatable bonds is 8. The van der Waals surface area contributed by atoms with Crippen molar-refractivity contribution in [2.24, 2.45) is 0 Å². The highest BCUT2D eigenvalue weighted by atomic mass is 19.1. The van der Waals surface area contributed by atoms with Crippen LogP contribution in [0.15, 0.2) is 59.0 Å². The third-order valence-corrected chi connectivity index (χ3v) is 4.86. The molecule has 0 atom stereocenters. The number of nitrogens with zero attached hydrogens (tertiary/aromatic N) is 2. The monoisotopic (exact) mass is 368 g/mol. The van der Waals surface area contributed by atoms with E-state index in [1.165, 1.54) is 5.56 Å². The molecule has 0 unspecified atom stereocenters. The maximum Gasteiger partial charge on any atom is 0.134 e. The summed E-state index contributed by atoms with van der Waals surface area (Å²) in [4.78, 5) is 4.84. The SMILES string of the molecule is FCCCOc1ccc(CN2CCN(Cc3cc4ccccc4o3)C2)cc1. The Bertz CT molecular complexity index is 829. The van der Waals surface area contributed by atoms with Gasteiger partial charge in [-0.1, -0.05) is 30.3 Å². The van der Waals surface area contributed by atoms with Crippen molar-refractivity contribution in [1.29, 1.82) is 0 Å². The van der Waals surface area contributed by atoms with Crippen LogP contribution in [-0.4, -0.2) is 42.8 Å². The van der Waals surface area contributed by atoms with E-state index >= 15 is 0 Å². The second-order valence-corrected chi connectivity index (χ2v) is 7.03.